The molecule has 0 aliphatic rings. The maximum Gasteiger partial charge on any atom is 0.414 e. The van der Waals surface area contributed by atoms with Crippen LogP contribution in [0.4, 0.5) is 13.2 Å². The first kappa shape index (κ1) is 27.5. The Hall–Kier alpha value is -2.47. The highest BCUT2D eigenvalue weighted by Crippen LogP contribution is 2.26. The van der Waals surface area contributed by atoms with Crippen molar-refractivity contribution in [3.63, 3.8) is 0 Å². The van der Waals surface area contributed by atoms with E-state index in [-0.39, 0.29) is 4.90 Å². The van der Waals surface area contributed by atoms with Gasteiger partial charge in [-0.2, -0.15) is 21.6 Å². The fourth-order valence-electron chi connectivity index (χ4n) is 1.74. The predicted molar refractivity (Wildman–Crippen MR) is 103 cm³/mol. The lowest BCUT2D eigenvalue weighted by Gasteiger charge is -2.23. The normalized spacial score (nSPS) is 14.1. The number of hydrogen-bond donors (Lipinski definition) is 4. The lowest BCUT2D eigenvalue weighted by molar-refractivity contribution is -0.225. The van der Waals surface area contributed by atoms with Crippen molar-refractivity contribution in [1.82, 2.24) is 0 Å². The molecule has 30 heavy (non-hydrogen) atoms. The average Bonchev–Trinajstić information content (AvgIpc) is 2.67. The van der Waals surface area contributed by atoms with Crippen molar-refractivity contribution < 1.29 is 46.3 Å². The van der Waals surface area contributed by atoms with Gasteiger partial charge >= 0.3 is 12.1 Å². The molecule has 0 aromatic heterocycles. The van der Waals surface area contributed by atoms with Crippen LogP contribution in [0.25, 0.3) is 0 Å². The summed E-state index contributed by atoms with van der Waals surface area (Å²) < 4.78 is 64.3. The van der Waals surface area contributed by atoms with E-state index in [1.807, 2.05) is 0 Å². The first-order valence-electron chi connectivity index (χ1n) is 8.41. The first-order valence-corrected chi connectivity index (χ1v) is 9.85. The number of rotatable bonds is 4. The number of carboxylic acid groups (broad SMARTS) is 1. The van der Waals surface area contributed by atoms with E-state index in [0.717, 1.165) is 6.92 Å². The number of carbonyl (C=O) groups is 1. The number of aliphatic hydroxyl groups excluding tert-OH is 2. The molecule has 0 bridgehead atoms. The van der Waals surface area contributed by atoms with Gasteiger partial charge in [0.25, 0.3) is 10.1 Å². The Bertz CT molecular complexity index is 855. The molecule has 0 spiro atoms. The Morgan fingerprint density at radius 1 is 0.900 bits per heavy atom. The molecule has 0 amide bonds. The predicted octanol–water partition coefficient (Wildman–Crippen LogP) is 3.24. The van der Waals surface area contributed by atoms with Crippen molar-refractivity contribution in [3.05, 3.63) is 66.2 Å². The molecule has 0 aliphatic carbocycles. The van der Waals surface area contributed by atoms with Crippen LogP contribution in [0.3, 0.4) is 0 Å². The van der Waals surface area contributed by atoms with Gasteiger partial charge in [0.05, 0.1) is 16.6 Å². The second kappa shape index (κ2) is 12.3. The minimum absolute atomic E-state index is 0.0741. The minimum atomic E-state index is -4.64. The molecular formula is C19H23F3O7S. The number of halogens is 3. The van der Waals surface area contributed by atoms with E-state index < -0.39 is 40.4 Å². The van der Waals surface area contributed by atoms with Gasteiger partial charge in [0.1, 0.15) is 0 Å². The SMILES string of the molecule is CC(O)C(C)C(O)C(F)(F)F.O=C(O)c1ccccc1.O=S(=O)(O)c1ccccc1. The number of carboxylic acids is 1. The van der Waals surface area contributed by atoms with Crippen LogP contribution in [0, 0.1) is 5.92 Å². The average molecular weight is 452 g/mol. The topological polar surface area (TPSA) is 132 Å². The standard InChI is InChI=1S/C7H6O2.C6H11F3O2.C6H6O3S/c8-7(9)6-4-2-1-3-5-6;1-3(4(2)10)5(11)6(7,8)9;7-10(8,9)6-4-2-1-3-5-6/h1-5H,(H,8,9);3-5,10-11H,1-2H3;1-5H,(H,7,8,9). The van der Waals surface area contributed by atoms with E-state index in [1.54, 1.807) is 48.5 Å². The van der Waals surface area contributed by atoms with Crippen molar-refractivity contribution in [1.29, 1.82) is 0 Å². The maximum absolute atomic E-state index is 11.7. The summed E-state index contributed by atoms with van der Waals surface area (Å²) in [6, 6.07) is 15.7. The van der Waals surface area contributed by atoms with Gasteiger partial charge < -0.3 is 15.3 Å². The Labute approximate surface area is 172 Å². The van der Waals surface area contributed by atoms with Crippen LogP contribution >= 0.6 is 0 Å². The quantitative estimate of drug-likeness (QED) is 0.524. The van der Waals surface area contributed by atoms with Gasteiger partial charge in [-0.25, -0.2) is 4.79 Å². The summed E-state index contributed by atoms with van der Waals surface area (Å²) in [5.74, 6) is -2.06. The van der Waals surface area contributed by atoms with Crippen LogP contribution in [0.15, 0.2) is 65.6 Å². The van der Waals surface area contributed by atoms with E-state index in [2.05, 4.69) is 0 Å². The number of hydrogen-bond acceptors (Lipinski definition) is 5. The molecule has 11 heteroatoms. The van der Waals surface area contributed by atoms with Crippen LogP contribution in [-0.2, 0) is 10.1 Å². The van der Waals surface area contributed by atoms with Crippen molar-refractivity contribution in [2.75, 3.05) is 0 Å². The lowest BCUT2D eigenvalue weighted by Crippen LogP contribution is -2.39. The number of alkyl halides is 3. The van der Waals surface area contributed by atoms with Crippen molar-refractivity contribution in [2.24, 2.45) is 5.92 Å². The van der Waals surface area contributed by atoms with Gasteiger partial charge in [-0.05, 0) is 31.2 Å². The van der Waals surface area contributed by atoms with Crippen molar-refractivity contribution >= 4 is 16.1 Å². The van der Waals surface area contributed by atoms with Crippen LogP contribution in [0.1, 0.15) is 24.2 Å². The fraction of sp³-hybridized carbons (Fsp3) is 0.316. The smallest absolute Gasteiger partial charge is 0.414 e. The van der Waals surface area contributed by atoms with Gasteiger partial charge in [-0.1, -0.05) is 43.3 Å². The second-order valence-electron chi connectivity index (χ2n) is 6.05. The largest absolute Gasteiger partial charge is 0.478 e. The molecule has 2 rings (SSSR count). The summed E-state index contributed by atoms with van der Waals surface area (Å²) in [6.45, 7) is 2.35. The Morgan fingerprint density at radius 3 is 1.50 bits per heavy atom. The summed E-state index contributed by atoms with van der Waals surface area (Å²) in [6.07, 6.45) is -8.25. The molecule has 3 atom stereocenters. The number of benzene rings is 2. The van der Waals surface area contributed by atoms with Crippen molar-refractivity contribution in [3.8, 4) is 0 Å². The zero-order chi connectivity index (χ0) is 23.5. The van der Waals surface area contributed by atoms with Crippen LogP contribution in [-0.4, -0.2) is 52.6 Å². The molecule has 2 aromatic carbocycles. The maximum atomic E-state index is 11.7. The molecule has 168 valence electrons. The number of aromatic carboxylic acids is 1. The molecule has 0 aliphatic heterocycles. The third-order valence-electron chi connectivity index (χ3n) is 3.66. The Kier molecular flexibility index (Phi) is 11.3. The van der Waals surface area contributed by atoms with Gasteiger partial charge in [0, 0.05) is 5.92 Å². The number of aliphatic hydroxyl groups is 2. The van der Waals surface area contributed by atoms with E-state index in [4.69, 9.17) is 19.9 Å². The van der Waals surface area contributed by atoms with Gasteiger partial charge in [0.15, 0.2) is 6.10 Å². The highest BCUT2D eigenvalue weighted by atomic mass is 32.2. The van der Waals surface area contributed by atoms with Crippen LogP contribution < -0.4 is 0 Å². The van der Waals surface area contributed by atoms with Crippen molar-refractivity contribution in [2.45, 2.75) is 37.1 Å². The molecule has 0 saturated heterocycles. The molecule has 0 fully saturated rings. The highest BCUT2D eigenvalue weighted by molar-refractivity contribution is 7.85. The molecule has 3 unspecified atom stereocenters. The van der Waals surface area contributed by atoms with E-state index in [0.29, 0.717) is 5.56 Å². The molecule has 7 nitrogen and oxygen atoms in total. The Balaban J connectivity index is 0.000000422. The lowest BCUT2D eigenvalue weighted by atomic mass is 9.99. The zero-order valence-corrected chi connectivity index (χ0v) is 16.9. The molecule has 0 heterocycles. The molecule has 0 saturated carbocycles. The van der Waals surface area contributed by atoms with E-state index in [9.17, 15) is 26.4 Å². The minimum Gasteiger partial charge on any atom is -0.478 e. The second-order valence-corrected chi connectivity index (χ2v) is 7.47. The highest BCUT2D eigenvalue weighted by Gasteiger charge is 2.43. The third-order valence-corrected chi connectivity index (χ3v) is 4.52. The summed E-state index contributed by atoms with van der Waals surface area (Å²) in [7, 11) is -4.00. The van der Waals surface area contributed by atoms with Crippen LogP contribution in [0.5, 0.6) is 0 Å². The summed E-state index contributed by atoms with van der Waals surface area (Å²) >= 11 is 0. The molecular weight excluding hydrogens is 429 g/mol. The van der Waals surface area contributed by atoms with Gasteiger partial charge in [-0.3, -0.25) is 4.55 Å². The van der Waals surface area contributed by atoms with E-state index >= 15 is 0 Å². The summed E-state index contributed by atoms with van der Waals surface area (Å²) in [5.41, 5.74) is 0.331. The summed E-state index contributed by atoms with van der Waals surface area (Å²) in [4.78, 5) is 10.1. The first-order chi connectivity index (χ1) is 13.7. The van der Waals surface area contributed by atoms with Gasteiger partial charge in [-0.15, -0.1) is 0 Å². The summed E-state index contributed by atoms with van der Waals surface area (Å²) in [5, 5.41) is 25.6. The van der Waals surface area contributed by atoms with E-state index in [1.165, 1.54) is 19.1 Å². The van der Waals surface area contributed by atoms with Gasteiger partial charge in [0.2, 0.25) is 0 Å². The molecule has 4 N–H and O–H groups in total. The zero-order valence-electron chi connectivity index (χ0n) is 16.1. The molecule has 0 radical (unpaired) electrons. The fourth-order valence-corrected chi connectivity index (χ4v) is 2.24. The molecule has 2 aromatic rings. The Morgan fingerprint density at radius 2 is 1.30 bits per heavy atom. The third kappa shape index (κ3) is 10.9. The monoisotopic (exact) mass is 452 g/mol. The van der Waals surface area contributed by atoms with Crippen LogP contribution in [0.2, 0.25) is 0 Å².